The van der Waals surface area contributed by atoms with E-state index in [-0.39, 0.29) is 6.10 Å². The first-order chi connectivity index (χ1) is 6.68. The van der Waals surface area contributed by atoms with Crippen molar-refractivity contribution < 1.29 is 5.11 Å². The maximum atomic E-state index is 9.96. The van der Waals surface area contributed by atoms with Gasteiger partial charge in [-0.1, -0.05) is 26.7 Å². The van der Waals surface area contributed by atoms with Gasteiger partial charge in [0.05, 0.1) is 6.10 Å². The average molecular weight is 197 g/mol. The summed E-state index contributed by atoms with van der Waals surface area (Å²) in [6, 6.07) is 0.469. The highest BCUT2D eigenvalue weighted by Gasteiger charge is 2.35. The van der Waals surface area contributed by atoms with Crippen LogP contribution in [0.2, 0.25) is 0 Å². The fourth-order valence-corrected chi connectivity index (χ4v) is 2.96. The van der Waals surface area contributed by atoms with Gasteiger partial charge >= 0.3 is 0 Å². The molecular weight excluding hydrogens is 174 g/mol. The van der Waals surface area contributed by atoms with Crippen molar-refractivity contribution in [1.82, 2.24) is 4.90 Å². The predicted octanol–water partition coefficient (Wildman–Crippen LogP) is 1.88. The molecule has 2 heteroatoms. The monoisotopic (exact) mass is 197 g/mol. The van der Waals surface area contributed by atoms with Gasteiger partial charge in [-0.15, -0.1) is 0 Å². The van der Waals surface area contributed by atoms with Gasteiger partial charge in [-0.2, -0.15) is 0 Å². The molecule has 0 radical (unpaired) electrons. The van der Waals surface area contributed by atoms with E-state index in [1.807, 2.05) is 0 Å². The van der Waals surface area contributed by atoms with Crippen molar-refractivity contribution in [2.75, 3.05) is 13.1 Å². The molecule has 0 spiro atoms. The van der Waals surface area contributed by atoms with E-state index in [9.17, 15) is 5.11 Å². The second kappa shape index (κ2) is 4.19. The quantitative estimate of drug-likeness (QED) is 0.694. The van der Waals surface area contributed by atoms with E-state index in [0.29, 0.717) is 6.04 Å². The molecule has 1 heterocycles. The molecule has 4 atom stereocenters. The third-order valence-corrected chi connectivity index (χ3v) is 4.18. The summed E-state index contributed by atoms with van der Waals surface area (Å²) in [5, 5.41) is 9.96. The Kier molecular flexibility index (Phi) is 3.13. The van der Waals surface area contributed by atoms with Crippen LogP contribution in [0.25, 0.3) is 0 Å². The van der Waals surface area contributed by atoms with E-state index in [1.54, 1.807) is 0 Å². The van der Waals surface area contributed by atoms with Crippen LogP contribution in [0.1, 0.15) is 39.5 Å². The van der Waals surface area contributed by atoms with E-state index in [0.717, 1.165) is 18.3 Å². The van der Waals surface area contributed by atoms with Crippen LogP contribution in [0.3, 0.4) is 0 Å². The molecule has 0 aromatic rings. The van der Waals surface area contributed by atoms with Gasteiger partial charge in [0.15, 0.2) is 0 Å². The molecule has 14 heavy (non-hydrogen) atoms. The minimum atomic E-state index is -0.0544. The Hall–Kier alpha value is -0.0800. The van der Waals surface area contributed by atoms with Crippen molar-refractivity contribution in [2.24, 2.45) is 11.8 Å². The molecule has 2 fully saturated rings. The topological polar surface area (TPSA) is 23.5 Å². The highest BCUT2D eigenvalue weighted by atomic mass is 16.3. The summed E-state index contributed by atoms with van der Waals surface area (Å²) in [5.41, 5.74) is 0. The second-order valence-electron chi connectivity index (χ2n) is 5.33. The van der Waals surface area contributed by atoms with Crippen molar-refractivity contribution >= 4 is 0 Å². The summed E-state index contributed by atoms with van der Waals surface area (Å²) in [4.78, 5) is 2.53. The number of hydrogen-bond acceptors (Lipinski definition) is 2. The summed E-state index contributed by atoms with van der Waals surface area (Å²) >= 11 is 0. The Bertz CT molecular complexity index is 185. The lowest BCUT2D eigenvalue weighted by Crippen LogP contribution is -2.44. The lowest BCUT2D eigenvalue weighted by molar-refractivity contribution is 0.0288. The molecule has 1 aliphatic heterocycles. The fraction of sp³-hybridized carbons (Fsp3) is 1.00. The van der Waals surface area contributed by atoms with Gasteiger partial charge in [0, 0.05) is 19.1 Å². The molecule has 82 valence electrons. The Labute approximate surface area is 87.3 Å². The smallest absolute Gasteiger partial charge is 0.0695 e. The first-order valence-electron chi connectivity index (χ1n) is 6.10. The van der Waals surface area contributed by atoms with Crippen molar-refractivity contribution in [3.05, 3.63) is 0 Å². The number of aliphatic hydroxyl groups is 1. The zero-order valence-corrected chi connectivity index (χ0v) is 9.45. The Morgan fingerprint density at radius 3 is 2.14 bits per heavy atom. The Balaban J connectivity index is 1.94. The molecule has 1 saturated carbocycles. The maximum Gasteiger partial charge on any atom is 0.0695 e. The summed E-state index contributed by atoms with van der Waals surface area (Å²) < 4.78 is 0. The second-order valence-corrected chi connectivity index (χ2v) is 5.33. The van der Waals surface area contributed by atoms with E-state index < -0.39 is 0 Å². The van der Waals surface area contributed by atoms with E-state index in [2.05, 4.69) is 18.7 Å². The molecule has 0 bridgehead atoms. The molecule has 2 rings (SSSR count). The van der Waals surface area contributed by atoms with E-state index >= 15 is 0 Å². The highest BCUT2D eigenvalue weighted by Crippen LogP contribution is 2.30. The van der Waals surface area contributed by atoms with Crippen LogP contribution in [-0.2, 0) is 0 Å². The normalized spacial score (nSPS) is 45.6. The number of rotatable bonds is 1. The Morgan fingerprint density at radius 2 is 1.57 bits per heavy atom. The minimum absolute atomic E-state index is 0.0544. The molecule has 1 saturated heterocycles. The molecular formula is C12H23NO. The van der Waals surface area contributed by atoms with Crippen LogP contribution < -0.4 is 0 Å². The summed E-state index contributed by atoms with van der Waals surface area (Å²) in [5.74, 6) is 1.62. The number of hydrogen-bond donors (Lipinski definition) is 1. The zero-order chi connectivity index (χ0) is 10.1. The Morgan fingerprint density at radius 1 is 1.00 bits per heavy atom. The van der Waals surface area contributed by atoms with Crippen LogP contribution in [0, 0.1) is 11.8 Å². The van der Waals surface area contributed by atoms with Gasteiger partial charge in [-0.25, -0.2) is 0 Å². The summed E-state index contributed by atoms with van der Waals surface area (Å²) in [6.07, 6.45) is 4.70. The average Bonchev–Trinajstić information content (AvgIpc) is 2.48. The number of nitrogens with zero attached hydrogens (tertiary/aromatic N) is 1. The summed E-state index contributed by atoms with van der Waals surface area (Å²) in [7, 11) is 0. The van der Waals surface area contributed by atoms with Crippen LogP contribution in [0.15, 0.2) is 0 Å². The van der Waals surface area contributed by atoms with Crippen molar-refractivity contribution in [3.63, 3.8) is 0 Å². The number of aliphatic hydroxyl groups excluding tert-OH is 1. The van der Waals surface area contributed by atoms with Crippen LogP contribution in [0.5, 0.6) is 0 Å². The minimum Gasteiger partial charge on any atom is -0.391 e. The third kappa shape index (κ3) is 1.96. The van der Waals surface area contributed by atoms with Crippen LogP contribution in [0.4, 0.5) is 0 Å². The first-order valence-corrected chi connectivity index (χ1v) is 6.10. The largest absolute Gasteiger partial charge is 0.391 e. The third-order valence-electron chi connectivity index (χ3n) is 4.18. The number of likely N-dealkylation sites (tertiary alicyclic amines) is 1. The van der Waals surface area contributed by atoms with Crippen molar-refractivity contribution in [1.29, 1.82) is 0 Å². The van der Waals surface area contributed by atoms with Gasteiger partial charge in [-0.05, 0) is 24.7 Å². The zero-order valence-electron chi connectivity index (χ0n) is 9.45. The first kappa shape index (κ1) is 10.4. The lowest BCUT2D eigenvalue weighted by atomic mass is 9.91. The van der Waals surface area contributed by atoms with E-state index in [1.165, 1.54) is 32.4 Å². The molecule has 2 unspecified atom stereocenters. The van der Waals surface area contributed by atoms with E-state index in [4.69, 9.17) is 0 Å². The molecule has 0 aromatic heterocycles. The van der Waals surface area contributed by atoms with Gasteiger partial charge in [0.25, 0.3) is 0 Å². The van der Waals surface area contributed by atoms with Gasteiger partial charge in [0.2, 0.25) is 0 Å². The molecule has 0 aromatic carbocycles. The van der Waals surface area contributed by atoms with Crippen molar-refractivity contribution in [2.45, 2.75) is 51.7 Å². The molecule has 1 N–H and O–H groups in total. The van der Waals surface area contributed by atoms with Gasteiger partial charge in [-0.3, -0.25) is 4.90 Å². The molecule has 2 aliphatic rings. The molecule has 0 amide bonds. The lowest BCUT2D eigenvalue weighted by Gasteiger charge is -2.35. The molecule has 1 aliphatic carbocycles. The van der Waals surface area contributed by atoms with Crippen LogP contribution >= 0.6 is 0 Å². The molecule has 2 nitrogen and oxygen atoms in total. The van der Waals surface area contributed by atoms with Crippen LogP contribution in [-0.4, -0.2) is 35.2 Å². The highest BCUT2D eigenvalue weighted by molar-refractivity contribution is 4.89. The maximum absolute atomic E-state index is 9.96. The van der Waals surface area contributed by atoms with Crippen molar-refractivity contribution in [3.8, 4) is 0 Å². The SMILES string of the molecule is CC1CN([C@@H]2CCCC[C@H]2O)CC1C. The standard InChI is InChI=1S/C12H23NO/c1-9-7-13(8-10(9)2)11-5-3-4-6-12(11)14/h9-12,14H,3-8H2,1-2H3/t9?,10?,11-,12-/m1/s1. The fourth-order valence-electron chi connectivity index (χ4n) is 2.96. The van der Waals surface area contributed by atoms with Gasteiger partial charge in [0.1, 0.15) is 0 Å². The predicted molar refractivity (Wildman–Crippen MR) is 58.2 cm³/mol. The van der Waals surface area contributed by atoms with Gasteiger partial charge < -0.3 is 5.11 Å². The summed E-state index contributed by atoms with van der Waals surface area (Å²) in [6.45, 7) is 7.06.